The maximum absolute atomic E-state index is 12.8. The first-order valence-electron chi connectivity index (χ1n) is 11.4. The summed E-state index contributed by atoms with van der Waals surface area (Å²) in [4.78, 5) is 29.0. The highest BCUT2D eigenvalue weighted by molar-refractivity contribution is 9.11. The summed E-state index contributed by atoms with van der Waals surface area (Å²) in [5, 5.41) is 11.7. The SMILES string of the molecule is O=C(N[C@H]1CCC[C@@H](n2c(-c3ccccn3)nc3cnc(-n4nccn4)cc32)C1)c1ccc(Br)s1. The molecule has 176 valence electrons. The van der Waals surface area contributed by atoms with Crippen molar-refractivity contribution in [1.29, 1.82) is 0 Å². The Morgan fingerprint density at radius 3 is 2.74 bits per heavy atom. The van der Waals surface area contributed by atoms with Crippen LogP contribution in [-0.2, 0) is 0 Å². The van der Waals surface area contributed by atoms with Crippen LogP contribution in [0.5, 0.6) is 0 Å². The number of amides is 1. The van der Waals surface area contributed by atoms with Crippen LogP contribution in [0.2, 0.25) is 0 Å². The van der Waals surface area contributed by atoms with Crippen molar-refractivity contribution in [3.8, 4) is 17.3 Å². The van der Waals surface area contributed by atoms with Crippen LogP contribution in [0, 0.1) is 0 Å². The highest BCUT2D eigenvalue weighted by atomic mass is 79.9. The molecule has 1 aliphatic carbocycles. The molecule has 5 aromatic rings. The van der Waals surface area contributed by atoms with E-state index in [9.17, 15) is 4.79 Å². The van der Waals surface area contributed by atoms with Crippen LogP contribution >= 0.6 is 27.3 Å². The van der Waals surface area contributed by atoms with Gasteiger partial charge in [-0.25, -0.2) is 9.97 Å². The summed E-state index contributed by atoms with van der Waals surface area (Å²) in [6.45, 7) is 0. The second-order valence-corrected chi connectivity index (χ2v) is 10.9. The maximum Gasteiger partial charge on any atom is 0.261 e. The van der Waals surface area contributed by atoms with Gasteiger partial charge in [0.05, 0.1) is 32.8 Å². The summed E-state index contributed by atoms with van der Waals surface area (Å²) < 4.78 is 3.21. The average Bonchev–Trinajstić information content (AvgIpc) is 3.64. The minimum atomic E-state index is -0.0250. The molecule has 11 heteroatoms. The summed E-state index contributed by atoms with van der Waals surface area (Å²) in [7, 11) is 0. The van der Waals surface area contributed by atoms with E-state index in [-0.39, 0.29) is 18.0 Å². The Labute approximate surface area is 213 Å². The zero-order valence-electron chi connectivity index (χ0n) is 18.6. The predicted molar refractivity (Wildman–Crippen MR) is 136 cm³/mol. The number of aromatic nitrogens is 7. The van der Waals surface area contributed by atoms with Crippen LogP contribution in [0.4, 0.5) is 0 Å². The fraction of sp³-hybridized carbons (Fsp3) is 0.250. The van der Waals surface area contributed by atoms with E-state index in [0.717, 1.165) is 52.0 Å². The van der Waals surface area contributed by atoms with Crippen LogP contribution in [-0.4, -0.2) is 46.5 Å². The van der Waals surface area contributed by atoms with Crippen LogP contribution in [0.15, 0.2) is 65.0 Å². The molecule has 0 aliphatic heterocycles. The molecule has 0 radical (unpaired) electrons. The van der Waals surface area contributed by atoms with E-state index in [2.05, 4.69) is 46.0 Å². The molecule has 0 saturated heterocycles. The Hall–Kier alpha value is -3.44. The molecule has 9 nitrogen and oxygen atoms in total. The molecule has 1 fully saturated rings. The van der Waals surface area contributed by atoms with E-state index in [1.165, 1.54) is 16.1 Å². The molecule has 35 heavy (non-hydrogen) atoms. The Morgan fingerprint density at radius 1 is 1.09 bits per heavy atom. The number of carbonyl (C=O) groups is 1. The van der Waals surface area contributed by atoms with Crippen LogP contribution in [0.25, 0.3) is 28.4 Å². The number of halogens is 1. The summed E-state index contributed by atoms with van der Waals surface area (Å²) in [5.41, 5.74) is 2.54. The number of carbonyl (C=O) groups excluding carboxylic acids is 1. The number of nitrogens with one attached hydrogen (secondary N) is 1. The predicted octanol–water partition coefficient (Wildman–Crippen LogP) is 4.81. The zero-order valence-corrected chi connectivity index (χ0v) is 21.0. The minimum absolute atomic E-state index is 0.0250. The highest BCUT2D eigenvalue weighted by Gasteiger charge is 2.29. The molecule has 1 saturated carbocycles. The van der Waals surface area contributed by atoms with Crippen molar-refractivity contribution in [2.45, 2.75) is 37.8 Å². The maximum atomic E-state index is 12.8. The van der Waals surface area contributed by atoms with Crippen molar-refractivity contribution in [1.82, 2.24) is 39.8 Å². The van der Waals surface area contributed by atoms with Crippen molar-refractivity contribution >= 4 is 44.2 Å². The molecule has 1 aliphatic rings. The molecule has 1 N–H and O–H groups in total. The van der Waals surface area contributed by atoms with Gasteiger partial charge in [-0.05, 0) is 65.9 Å². The summed E-state index contributed by atoms with van der Waals surface area (Å²) in [6, 6.07) is 11.8. The largest absolute Gasteiger partial charge is 0.349 e. The van der Waals surface area contributed by atoms with Gasteiger partial charge < -0.3 is 9.88 Å². The number of thiophene rings is 1. The molecule has 0 bridgehead atoms. The second-order valence-electron chi connectivity index (χ2n) is 8.46. The number of nitrogens with zero attached hydrogens (tertiary/aromatic N) is 7. The first kappa shape index (κ1) is 22.1. The van der Waals surface area contributed by atoms with Crippen LogP contribution in [0.3, 0.4) is 0 Å². The van der Waals surface area contributed by atoms with E-state index >= 15 is 0 Å². The van der Waals surface area contributed by atoms with Gasteiger partial charge in [0.1, 0.15) is 11.2 Å². The minimum Gasteiger partial charge on any atom is -0.349 e. The van der Waals surface area contributed by atoms with Gasteiger partial charge in [-0.15, -0.1) is 16.1 Å². The second kappa shape index (κ2) is 9.31. The number of rotatable bonds is 5. The van der Waals surface area contributed by atoms with Gasteiger partial charge >= 0.3 is 0 Å². The lowest BCUT2D eigenvalue weighted by Gasteiger charge is -2.31. The third kappa shape index (κ3) is 4.37. The van der Waals surface area contributed by atoms with Crippen molar-refractivity contribution in [2.75, 3.05) is 0 Å². The van der Waals surface area contributed by atoms with Crippen molar-refractivity contribution < 1.29 is 4.79 Å². The fourth-order valence-electron chi connectivity index (χ4n) is 4.70. The molecule has 5 aromatic heterocycles. The quantitative estimate of drug-likeness (QED) is 0.338. The number of imidazole rings is 1. The first-order chi connectivity index (χ1) is 17.2. The highest BCUT2D eigenvalue weighted by Crippen LogP contribution is 2.36. The van der Waals surface area contributed by atoms with Crippen molar-refractivity contribution in [2.24, 2.45) is 0 Å². The van der Waals surface area contributed by atoms with E-state index in [0.29, 0.717) is 10.7 Å². The van der Waals surface area contributed by atoms with E-state index < -0.39 is 0 Å². The molecule has 2 atom stereocenters. The van der Waals surface area contributed by atoms with Gasteiger partial charge in [0.2, 0.25) is 0 Å². The molecule has 0 unspecified atom stereocenters. The smallest absolute Gasteiger partial charge is 0.261 e. The zero-order chi connectivity index (χ0) is 23.8. The van der Waals surface area contributed by atoms with Gasteiger partial charge in [-0.3, -0.25) is 9.78 Å². The van der Waals surface area contributed by atoms with Gasteiger partial charge in [0, 0.05) is 24.3 Å². The summed E-state index contributed by atoms with van der Waals surface area (Å²) in [5.74, 6) is 1.40. The third-order valence-corrected chi connectivity index (χ3v) is 7.85. The molecular formula is C24H21BrN8OS. The lowest BCUT2D eigenvalue weighted by atomic mass is 9.90. The topological polar surface area (TPSA) is 103 Å². The first-order valence-corrected chi connectivity index (χ1v) is 13.0. The summed E-state index contributed by atoms with van der Waals surface area (Å²) in [6.07, 6.45) is 10.5. The van der Waals surface area contributed by atoms with Gasteiger partial charge in [0.25, 0.3) is 5.91 Å². The van der Waals surface area contributed by atoms with Crippen LogP contribution < -0.4 is 5.32 Å². The fourth-order valence-corrected chi connectivity index (χ4v) is 5.99. The van der Waals surface area contributed by atoms with Crippen molar-refractivity contribution in [3.05, 3.63) is 69.8 Å². The number of hydrogen-bond donors (Lipinski definition) is 1. The van der Waals surface area contributed by atoms with Crippen LogP contribution in [0.1, 0.15) is 41.4 Å². The molecule has 0 aromatic carbocycles. The standard InChI is InChI=1S/C24H21BrN8OS/c25-21-8-7-20(35-21)24(34)30-15-4-3-5-16(12-15)32-19-13-22(33-28-10-11-29-33)27-14-18(19)31-23(32)17-6-1-2-9-26-17/h1-2,6-11,13-16H,3-5,12H2,(H,30,34)/t15-,16+/m0/s1. The van der Waals surface area contributed by atoms with Gasteiger partial charge in [-0.2, -0.15) is 10.2 Å². The van der Waals surface area contributed by atoms with Crippen molar-refractivity contribution in [3.63, 3.8) is 0 Å². The number of hydrogen-bond acceptors (Lipinski definition) is 7. The van der Waals surface area contributed by atoms with Gasteiger partial charge in [0.15, 0.2) is 11.6 Å². The molecular weight excluding hydrogens is 528 g/mol. The molecule has 1 amide bonds. The molecule has 6 rings (SSSR count). The van der Waals surface area contributed by atoms with Gasteiger partial charge in [-0.1, -0.05) is 6.07 Å². The summed E-state index contributed by atoms with van der Waals surface area (Å²) >= 11 is 4.89. The van der Waals surface area contributed by atoms with E-state index in [4.69, 9.17) is 4.98 Å². The third-order valence-electron chi connectivity index (χ3n) is 6.22. The monoisotopic (exact) mass is 548 g/mol. The Kier molecular flexibility index (Phi) is 5.86. The van der Waals surface area contributed by atoms with E-state index in [1.807, 2.05) is 36.4 Å². The molecule has 5 heterocycles. The normalized spacial score (nSPS) is 18.1. The number of pyridine rings is 2. The molecule has 0 spiro atoms. The average molecular weight is 549 g/mol. The lowest BCUT2D eigenvalue weighted by Crippen LogP contribution is -2.38. The lowest BCUT2D eigenvalue weighted by molar-refractivity contribution is 0.0925. The Balaban J connectivity index is 1.38. The Morgan fingerprint density at radius 2 is 1.97 bits per heavy atom. The van der Waals surface area contributed by atoms with E-state index in [1.54, 1.807) is 24.8 Å². The number of fused-ring (bicyclic) bond motifs is 1. The Bertz CT molecular complexity index is 1480.